The maximum atomic E-state index is 13.4. The summed E-state index contributed by atoms with van der Waals surface area (Å²) in [6.07, 6.45) is 7.03. The topological polar surface area (TPSA) is 29.1 Å². The van der Waals surface area contributed by atoms with Crippen molar-refractivity contribution in [3.63, 3.8) is 0 Å². The van der Waals surface area contributed by atoms with Crippen LogP contribution in [0.3, 0.4) is 0 Å². The fraction of sp³-hybridized carbons (Fsp3) is 0.611. The summed E-state index contributed by atoms with van der Waals surface area (Å²) < 4.78 is 13.4. The third-order valence-electron chi connectivity index (χ3n) is 4.95. The average Bonchev–Trinajstić information content (AvgIpc) is 2.87. The monoisotopic (exact) mass is 324 g/mol. The van der Waals surface area contributed by atoms with Gasteiger partial charge in [0.25, 0.3) is 5.91 Å². The van der Waals surface area contributed by atoms with Gasteiger partial charge >= 0.3 is 0 Å². The molecule has 122 valence electrons. The van der Waals surface area contributed by atoms with Crippen LogP contribution < -0.4 is 5.32 Å². The highest BCUT2D eigenvalue weighted by Crippen LogP contribution is 2.65. The lowest BCUT2D eigenvalue weighted by Crippen LogP contribution is -2.31. The first-order valence-corrected chi connectivity index (χ1v) is 11.0. The van der Waals surface area contributed by atoms with Gasteiger partial charge in [-0.2, -0.15) is 0 Å². The van der Waals surface area contributed by atoms with Gasteiger partial charge in [0, 0.05) is 19.6 Å². The summed E-state index contributed by atoms with van der Waals surface area (Å²) in [6, 6.07) is 2.98. The molecule has 0 saturated carbocycles. The van der Waals surface area contributed by atoms with Crippen LogP contribution in [0.25, 0.3) is 0 Å². The molecule has 1 fully saturated rings. The number of amides is 1. The molecule has 0 bridgehead atoms. The van der Waals surface area contributed by atoms with Crippen LogP contribution in [0.1, 0.15) is 43.7 Å². The molecule has 1 amide bonds. The molecule has 2 rings (SSSR count). The first-order valence-electron chi connectivity index (χ1n) is 8.29. The van der Waals surface area contributed by atoms with Gasteiger partial charge < -0.3 is 5.32 Å². The molecule has 1 aliphatic heterocycles. The maximum absolute atomic E-state index is 13.4. The van der Waals surface area contributed by atoms with Gasteiger partial charge in [0.15, 0.2) is 0 Å². The van der Waals surface area contributed by atoms with Crippen molar-refractivity contribution in [2.75, 3.05) is 24.3 Å². The van der Waals surface area contributed by atoms with Crippen molar-refractivity contribution in [2.45, 2.75) is 52.1 Å². The van der Waals surface area contributed by atoms with Crippen LogP contribution >= 0.6 is 7.26 Å². The molecule has 4 heteroatoms. The van der Waals surface area contributed by atoms with Gasteiger partial charge in [-0.1, -0.05) is 13.3 Å². The Kier molecular flexibility index (Phi) is 5.60. The Morgan fingerprint density at radius 2 is 1.82 bits per heavy atom. The molecule has 2 nitrogen and oxygen atoms in total. The second-order valence-corrected chi connectivity index (χ2v) is 11.3. The average molecular weight is 324 g/mol. The molecule has 1 aromatic carbocycles. The SMILES string of the molecule is CCCC(C(=O)Nc1c(C)cc(F)cc1C)[P+]1(C)CCCC1. The van der Waals surface area contributed by atoms with E-state index in [0.29, 0.717) is 0 Å². The molecule has 0 spiro atoms. The fourth-order valence-corrected chi connectivity index (χ4v) is 7.93. The second kappa shape index (κ2) is 7.08. The van der Waals surface area contributed by atoms with Crippen LogP contribution in [0.5, 0.6) is 0 Å². The lowest BCUT2D eigenvalue weighted by atomic mass is 10.1. The van der Waals surface area contributed by atoms with E-state index < -0.39 is 7.26 Å². The molecule has 0 aromatic heterocycles. The van der Waals surface area contributed by atoms with E-state index in [9.17, 15) is 9.18 Å². The predicted molar refractivity (Wildman–Crippen MR) is 95.0 cm³/mol. The van der Waals surface area contributed by atoms with Crippen molar-refractivity contribution < 1.29 is 9.18 Å². The Hall–Kier alpha value is -0.950. The molecule has 1 atom stereocenters. The molecule has 1 aliphatic rings. The van der Waals surface area contributed by atoms with Gasteiger partial charge in [-0.25, -0.2) is 4.39 Å². The van der Waals surface area contributed by atoms with Gasteiger partial charge in [-0.15, -0.1) is 0 Å². The van der Waals surface area contributed by atoms with E-state index in [4.69, 9.17) is 0 Å². The molecule has 0 radical (unpaired) electrons. The lowest BCUT2D eigenvalue weighted by Gasteiger charge is -2.27. The number of aryl methyl sites for hydroxylation is 2. The third kappa shape index (κ3) is 3.68. The van der Waals surface area contributed by atoms with E-state index >= 15 is 0 Å². The summed E-state index contributed by atoms with van der Waals surface area (Å²) >= 11 is 0. The number of carbonyl (C=O) groups is 1. The van der Waals surface area contributed by atoms with E-state index in [1.165, 1.54) is 37.3 Å². The number of hydrogen-bond donors (Lipinski definition) is 1. The zero-order valence-electron chi connectivity index (χ0n) is 14.2. The molecule has 1 N–H and O–H groups in total. The van der Waals surface area contributed by atoms with Crippen molar-refractivity contribution in [1.29, 1.82) is 0 Å². The Balaban J connectivity index is 2.22. The summed E-state index contributed by atoms with van der Waals surface area (Å²) in [5.41, 5.74) is 2.55. The van der Waals surface area contributed by atoms with Crippen LogP contribution in [-0.4, -0.2) is 30.6 Å². The normalized spacial score (nSPS) is 18.2. The van der Waals surface area contributed by atoms with Crippen molar-refractivity contribution >= 4 is 18.9 Å². The Morgan fingerprint density at radius 1 is 1.27 bits per heavy atom. The minimum atomic E-state index is -1.17. The van der Waals surface area contributed by atoms with Gasteiger partial charge in [-0.3, -0.25) is 4.79 Å². The summed E-state index contributed by atoms with van der Waals surface area (Å²) in [6.45, 7) is 8.22. The summed E-state index contributed by atoms with van der Waals surface area (Å²) in [4.78, 5) is 12.9. The third-order valence-corrected chi connectivity index (χ3v) is 9.62. The Labute approximate surface area is 134 Å². The van der Waals surface area contributed by atoms with Gasteiger partial charge in [0.1, 0.15) is 11.5 Å². The van der Waals surface area contributed by atoms with Gasteiger partial charge in [0.05, 0.1) is 12.3 Å². The molecular weight excluding hydrogens is 296 g/mol. The predicted octanol–water partition coefficient (Wildman–Crippen LogP) is 4.99. The van der Waals surface area contributed by atoms with Crippen LogP contribution in [-0.2, 0) is 4.79 Å². The molecule has 22 heavy (non-hydrogen) atoms. The van der Waals surface area contributed by atoms with E-state index in [-0.39, 0.29) is 17.4 Å². The maximum Gasteiger partial charge on any atom is 0.265 e. The van der Waals surface area contributed by atoms with Crippen molar-refractivity contribution in [2.24, 2.45) is 0 Å². The van der Waals surface area contributed by atoms with E-state index in [2.05, 4.69) is 18.9 Å². The van der Waals surface area contributed by atoms with Crippen molar-refractivity contribution in [3.8, 4) is 0 Å². The van der Waals surface area contributed by atoms with Crippen LogP contribution in [0.4, 0.5) is 10.1 Å². The zero-order valence-corrected chi connectivity index (χ0v) is 15.1. The zero-order chi connectivity index (χ0) is 16.3. The minimum absolute atomic E-state index is 0.150. The summed E-state index contributed by atoms with van der Waals surface area (Å²) in [7, 11) is -1.17. The quantitative estimate of drug-likeness (QED) is 0.760. The van der Waals surface area contributed by atoms with Crippen LogP contribution in [0.2, 0.25) is 0 Å². The number of halogens is 1. The largest absolute Gasteiger partial charge is 0.322 e. The second-order valence-electron chi connectivity index (χ2n) is 6.84. The van der Waals surface area contributed by atoms with E-state index in [1.54, 1.807) is 0 Å². The molecule has 0 aliphatic carbocycles. The lowest BCUT2D eigenvalue weighted by molar-refractivity contribution is -0.116. The minimum Gasteiger partial charge on any atom is -0.322 e. The number of rotatable bonds is 5. The van der Waals surface area contributed by atoms with Crippen LogP contribution in [0.15, 0.2) is 12.1 Å². The van der Waals surface area contributed by atoms with Gasteiger partial charge in [-0.05, 0) is 56.4 Å². The summed E-state index contributed by atoms with van der Waals surface area (Å²) in [5.74, 6) is -0.0919. The smallest absolute Gasteiger partial charge is 0.265 e. The highest BCUT2D eigenvalue weighted by Gasteiger charge is 2.47. The first-order chi connectivity index (χ1) is 10.4. The highest BCUT2D eigenvalue weighted by atomic mass is 31.2. The molecule has 1 aromatic rings. The molecular formula is C18H28FNOP+. The summed E-state index contributed by atoms with van der Waals surface area (Å²) in [5, 5.41) is 3.11. The molecule has 1 unspecified atom stereocenters. The highest BCUT2D eigenvalue weighted by molar-refractivity contribution is 7.77. The van der Waals surface area contributed by atoms with Gasteiger partial charge in [0.2, 0.25) is 0 Å². The van der Waals surface area contributed by atoms with Crippen molar-refractivity contribution in [3.05, 3.63) is 29.1 Å². The van der Waals surface area contributed by atoms with Crippen LogP contribution in [0, 0.1) is 19.7 Å². The number of benzene rings is 1. The number of nitrogens with one attached hydrogen (secondary N) is 1. The Bertz CT molecular complexity index is 529. The molecule has 1 heterocycles. The molecule has 1 saturated heterocycles. The first kappa shape index (κ1) is 17.4. The number of anilines is 1. The number of carbonyl (C=O) groups excluding carboxylic acids is 1. The van der Waals surface area contributed by atoms with E-state index in [1.807, 2.05) is 13.8 Å². The Morgan fingerprint density at radius 3 is 2.32 bits per heavy atom. The van der Waals surface area contributed by atoms with E-state index in [0.717, 1.165) is 29.7 Å². The standard InChI is InChI=1S/C18H27FNOP/c1-5-8-16(22(4)9-6-7-10-22)18(21)20-17-13(2)11-15(19)12-14(17)3/h11-12,16H,5-10H2,1-4H3/p+1. The van der Waals surface area contributed by atoms with Crippen molar-refractivity contribution in [1.82, 2.24) is 0 Å². The fourth-order valence-electron chi connectivity index (χ4n) is 3.68. The number of hydrogen-bond acceptors (Lipinski definition) is 1.